The highest BCUT2D eigenvalue weighted by Gasteiger charge is 2.11. The molecule has 1 aromatic heterocycles. The SMILES string of the molecule is O=C(C[n+]1ccccc1)Nc1cccc([N+](=O)[O-])c1. The van der Waals surface area contributed by atoms with Crippen molar-refractivity contribution < 1.29 is 14.3 Å². The van der Waals surface area contributed by atoms with Crippen LogP contribution in [0.25, 0.3) is 0 Å². The zero-order valence-corrected chi connectivity index (χ0v) is 10.0. The highest BCUT2D eigenvalue weighted by molar-refractivity contribution is 5.89. The van der Waals surface area contributed by atoms with Crippen molar-refractivity contribution in [1.29, 1.82) is 0 Å². The van der Waals surface area contributed by atoms with Crippen molar-refractivity contribution in [3.05, 3.63) is 65.0 Å². The van der Waals surface area contributed by atoms with Crippen LogP contribution in [0, 0.1) is 10.1 Å². The Morgan fingerprint density at radius 3 is 2.63 bits per heavy atom. The molecule has 0 spiro atoms. The normalized spacial score (nSPS) is 9.89. The van der Waals surface area contributed by atoms with Gasteiger partial charge in [0, 0.05) is 30.0 Å². The molecule has 6 nitrogen and oxygen atoms in total. The monoisotopic (exact) mass is 258 g/mol. The molecule has 0 aliphatic rings. The zero-order chi connectivity index (χ0) is 13.7. The number of rotatable bonds is 4. The van der Waals surface area contributed by atoms with Crippen LogP contribution in [0.1, 0.15) is 0 Å². The maximum Gasteiger partial charge on any atom is 0.290 e. The summed E-state index contributed by atoms with van der Waals surface area (Å²) in [5.74, 6) is -0.239. The number of non-ortho nitro benzene ring substituents is 1. The first-order valence-electron chi connectivity index (χ1n) is 5.63. The first-order chi connectivity index (χ1) is 9.15. The third-order valence-corrected chi connectivity index (χ3v) is 2.44. The summed E-state index contributed by atoms with van der Waals surface area (Å²) in [5, 5.41) is 13.2. The van der Waals surface area contributed by atoms with E-state index in [0.717, 1.165) is 0 Å². The van der Waals surface area contributed by atoms with E-state index in [1.54, 1.807) is 23.0 Å². The summed E-state index contributed by atoms with van der Waals surface area (Å²) in [6.45, 7) is 0.156. The Labute approximate surface area is 109 Å². The lowest BCUT2D eigenvalue weighted by molar-refractivity contribution is -0.684. The molecular weight excluding hydrogens is 246 g/mol. The molecule has 0 radical (unpaired) electrons. The molecule has 1 aromatic carbocycles. The second-order valence-corrected chi connectivity index (χ2v) is 3.90. The number of benzene rings is 1. The second kappa shape index (κ2) is 5.72. The van der Waals surface area contributed by atoms with Crippen LogP contribution in [0.4, 0.5) is 11.4 Å². The second-order valence-electron chi connectivity index (χ2n) is 3.90. The highest BCUT2D eigenvalue weighted by Crippen LogP contribution is 2.16. The van der Waals surface area contributed by atoms with Crippen LogP contribution >= 0.6 is 0 Å². The first kappa shape index (κ1) is 12.7. The van der Waals surface area contributed by atoms with E-state index in [9.17, 15) is 14.9 Å². The van der Waals surface area contributed by atoms with Gasteiger partial charge in [-0.15, -0.1) is 0 Å². The Hall–Kier alpha value is -2.76. The number of anilines is 1. The Kier molecular flexibility index (Phi) is 3.82. The average molecular weight is 258 g/mol. The molecule has 0 aliphatic heterocycles. The molecule has 6 heteroatoms. The van der Waals surface area contributed by atoms with E-state index in [1.165, 1.54) is 18.2 Å². The van der Waals surface area contributed by atoms with Gasteiger partial charge >= 0.3 is 0 Å². The van der Waals surface area contributed by atoms with Crippen LogP contribution in [-0.2, 0) is 11.3 Å². The quantitative estimate of drug-likeness (QED) is 0.513. The van der Waals surface area contributed by atoms with Crippen LogP contribution in [0.2, 0.25) is 0 Å². The van der Waals surface area contributed by atoms with Crippen molar-refractivity contribution in [2.75, 3.05) is 5.32 Å². The van der Waals surface area contributed by atoms with Gasteiger partial charge in [0.05, 0.1) is 4.92 Å². The summed E-state index contributed by atoms with van der Waals surface area (Å²) >= 11 is 0. The molecule has 1 N–H and O–H groups in total. The molecule has 0 saturated carbocycles. The van der Waals surface area contributed by atoms with Crippen molar-refractivity contribution >= 4 is 17.3 Å². The fourth-order valence-corrected chi connectivity index (χ4v) is 1.60. The predicted molar refractivity (Wildman–Crippen MR) is 68.4 cm³/mol. The van der Waals surface area contributed by atoms with Crippen molar-refractivity contribution in [1.82, 2.24) is 0 Å². The lowest BCUT2D eigenvalue weighted by Crippen LogP contribution is -2.39. The highest BCUT2D eigenvalue weighted by atomic mass is 16.6. The molecular formula is C13H12N3O3+. The van der Waals surface area contributed by atoms with E-state index in [2.05, 4.69) is 5.32 Å². The molecule has 1 amide bonds. The average Bonchev–Trinajstić information content (AvgIpc) is 2.40. The third kappa shape index (κ3) is 3.60. The summed E-state index contributed by atoms with van der Waals surface area (Å²) in [7, 11) is 0. The number of hydrogen-bond donors (Lipinski definition) is 1. The predicted octanol–water partition coefficient (Wildman–Crippen LogP) is 1.52. The summed E-state index contributed by atoms with van der Waals surface area (Å²) in [4.78, 5) is 21.9. The summed E-state index contributed by atoms with van der Waals surface area (Å²) in [5.41, 5.74) is 0.362. The molecule has 0 bridgehead atoms. The number of aromatic nitrogens is 1. The lowest BCUT2D eigenvalue weighted by atomic mass is 10.3. The zero-order valence-electron chi connectivity index (χ0n) is 10.0. The standard InChI is InChI=1S/C13H11N3O3/c17-13(10-15-7-2-1-3-8-15)14-11-5-4-6-12(9-11)16(18)19/h1-9H,10H2/p+1. The fraction of sp³-hybridized carbons (Fsp3) is 0.0769. The van der Waals surface area contributed by atoms with Crippen molar-refractivity contribution in [2.45, 2.75) is 6.54 Å². The van der Waals surface area contributed by atoms with Crippen LogP contribution in [0.3, 0.4) is 0 Å². The summed E-state index contributed by atoms with van der Waals surface area (Å²) in [6.07, 6.45) is 3.54. The topological polar surface area (TPSA) is 76.1 Å². The summed E-state index contributed by atoms with van der Waals surface area (Å²) in [6, 6.07) is 11.3. The smallest absolute Gasteiger partial charge is 0.290 e. The van der Waals surface area contributed by atoms with Gasteiger partial charge in [0.25, 0.3) is 11.6 Å². The first-order valence-corrected chi connectivity index (χ1v) is 5.63. The van der Waals surface area contributed by atoms with Gasteiger partial charge in [0.15, 0.2) is 12.4 Å². The third-order valence-electron chi connectivity index (χ3n) is 2.44. The van der Waals surface area contributed by atoms with Crippen molar-refractivity contribution in [3.8, 4) is 0 Å². The van der Waals surface area contributed by atoms with E-state index in [-0.39, 0.29) is 18.1 Å². The molecule has 0 atom stereocenters. The maximum absolute atomic E-state index is 11.8. The molecule has 96 valence electrons. The van der Waals surface area contributed by atoms with Gasteiger partial charge in [0.1, 0.15) is 0 Å². The molecule has 0 aliphatic carbocycles. The number of carbonyl (C=O) groups excluding carboxylic acids is 1. The van der Waals surface area contributed by atoms with Crippen LogP contribution in [0.5, 0.6) is 0 Å². The number of hydrogen-bond acceptors (Lipinski definition) is 3. The molecule has 2 aromatic rings. The van der Waals surface area contributed by atoms with E-state index in [1.807, 2.05) is 18.2 Å². The fourth-order valence-electron chi connectivity index (χ4n) is 1.60. The number of nitrogens with zero attached hydrogens (tertiary/aromatic N) is 2. The van der Waals surface area contributed by atoms with Crippen LogP contribution in [0.15, 0.2) is 54.9 Å². The Bertz CT molecular complexity index is 599. The van der Waals surface area contributed by atoms with Gasteiger partial charge in [0.2, 0.25) is 6.54 Å². The Morgan fingerprint density at radius 2 is 1.95 bits per heavy atom. The molecule has 2 rings (SSSR count). The minimum absolute atomic E-state index is 0.0508. The van der Waals surface area contributed by atoms with Crippen LogP contribution < -0.4 is 9.88 Å². The van der Waals surface area contributed by atoms with Gasteiger partial charge in [-0.05, 0) is 6.07 Å². The van der Waals surface area contributed by atoms with Gasteiger partial charge in [-0.2, -0.15) is 4.57 Å². The largest absolute Gasteiger partial charge is 0.320 e. The van der Waals surface area contributed by atoms with Gasteiger partial charge in [-0.25, -0.2) is 0 Å². The maximum atomic E-state index is 11.8. The van der Waals surface area contributed by atoms with Crippen molar-refractivity contribution in [3.63, 3.8) is 0 Å². The van der Waals surface area contributed by atoms with Gasteiger partial charge in [-0.3, -0.25) is 14.9 Å². The van der Waals surface area contributed by atoms with E-state index in [4.69, 9.17) is 0 Å². The Balaban J connectivity index is 2.03. The number of amides is 1. The van der Waals surface area contributed by atoms with Gasteiger partial charge in [-0.1, -0.05) is 12.1 Å². The molecule has 1 heterocycles. The summed E-state index contributed by atoms with van der Waals surface area (Å²) < 4.78 is 1.71. The molecule has 0 unspecified atom stereocenters. The minimum Gasteiger partial charge on any atom is -0.320 e. The van der Waals surface area contributed by atoms with E-state index in [0.29, 0.717) is 5.69 Å². The van der Waals surface area contributed by atoms with E-state index >= 15 is 0 Å². The number of nitro groups is 1. The van der Waals surface area contributed by atoms with Crippen molar-refractivity contribution in [2.24, 2.45) is 0 Å². The number of nitro benzene ring substituents is 1. The number of pyridine rings is 1. The van der Waals surface area contributed by atoms with E-state index < -0.39 is 4.92 Å². The van der Waals surface area contributed by atoms with Crippen LogP contribution in [-0.4, -0.2) is 10.8 Å². The lowest BCUT2D eigenvalue weighted by Gasteiger charge is -2.02. The molecule has 0 saturated heterocycles. The number of nitrogens with one attached hydrogen (secondary N) is 1. The van der Waals surface area contributed by atoms with Gasteiger partial charge < -0.3 is 5.32 Å². The molecule has 19 heavy (non-hydrogen) atoms. The Morgan fingerprint density at radius 1 is 1.21 bits per heavy atom. The molecule has 0 fully saturated rings. The minimum atomic E-state index is -0.498. The number of carbonyl (C=O) groups is 1.